The van der Waals surface area contributed by atoms with Gasteiger partial charge in [0.2, 0.25) is 0 Å². The molecule has 1 aliphatic rings. The van der Waals surface area contributed by atoms with Gasteiger partial charge in [-0.2, -0.15) is 0 Å². The van der Waals surface area contributed by atoms with Crippen LogP contribution in [-0.4, -0.2) is 55.7 Å². The lowest BCUT2D eigenvalue weighted by Crippen LogP contribution is -2.44. The summed E-state index contributed by atoms with van der Waals surface area (Å²) in [7, 11) is -3.06. The summed E-state index contributed by atoms with van der Waals surface area (Å²) in [5.41, 5.74) is 1.15. The van der Waals surface area contributed by atoms with Gasteiger partial charge >= 0.3 is 0 Å². The molecule has 6 nitrogen and oxygen atoms in total. The van der Waals surface area contributed by atoms with Crippen LogP contribution in [0.4, 0.5) is 0 Å². The molecule has 2 aromatic rings. The molecular weight excluding hydrogens is 390 g/mol. The fraction of sp³-hybridized carbons (Fsp3) is 0.364. The SMILES string of the molecule is CCCN(C(=O)COc1ccc(C(=O)c2ccccc2)cc1)[C@@H]1CCS(=O)(=O)C1. The van der Waals surface area contributed by atoms with Crippen molar-refractivity contribution in [3.63, 3.8) is 0 Å². The molecule has 0 spiro atoms. The summed E-state index contributed by atoms with van der Waals surface area (Å²) >= 11 is 0. The van der Waals surface area contributed by atoms with Gasteiger partial charge in [0.15, 0.2) is 22.2 Å². The average Bonchev–Trinajstić information content (AvgIpc) is 3.10. The molecule has 1 atom stereocenters. The number of carbonyl (C=O) groups excluding carboxylic acids is 2. The van der Waals surface area contributed by atoms with Crippen LogP contribution in [0, 0.1) is 0 Å². The Morgan fingerprint density at radius 3 is 2.28 bits per heavy atom. The van der Waals surface area contributed by atoms with E-state index in [0.717, 1.165) is 6.42 Å². The van der Waals surface area contributed by atoms with E-state index in [1.807, 2.05) is 25.1 Å². The minimum absolute atomic E-state index is 0.0229. The quantitative estimate of drug-likeness (QED) is 0.620. The first-order valence-corrected chi connectivity index (χ1v) is 11.5. The zero-order valence-electron chi connectivity index (χ0n) is 16.4. The van der Waals surface area contributed by atoms with Gasteiger partial charge in [0, 0.05) is 23.7 Å². The summed E-state index contributed by atoms with van der Waals surface area (Å²) < 4.78 is 29.1. The van der Waals surface area contributed by atoms with Gasteiger partial charge < -0.3 is 9.64 Å². The molecule has 0 bridgehead atoms. The summed E-state index contributed by atoms with van der Waals surface area (Å²) in [6.45, 7) is 2.29. The number of carbonyl (C=O) groups is 2. The number of benzene rings is 2. The van der Waals surface area contributed by atoms with Crippen LogP contribution in [0.2, 0.25) is 0 Å². The van der Waals surface area contributed by atoms with Crippen molar-refractivity contribution < 1.29 is 22.7 Å². The van der Waals surface area contributed by atoms with Crippen LogP contribution in [0.5, 0.6) is 5.75 Å². The number of rotatable bonds is 8. The number of sulfone groups is 1. The van der Waals surface area contributed by atoms with E-state index in [2.05, 4.69) is 0 Å². The van der Waals surface area contributed by atoms with Crippen LogP contribution in [0.3, 0.4) is 0 Å². The Bertz CT molecular complexity index is 954. The topological polar surface area (TPSA) is 80.8 Å². The fourth-order valence-corrected chi connectivity index (χ4v) is 5.19. The van der Waals surface area contributed by atoms with Crippen molar-refractivity contribution in [3.8, 4) is 5.75 Å². The number of ether oxygens (including phenoxy) is 1. The smallest absolute Gasteiger partial charge is 0.260 e. The highest BCUT2D eigenvalue weighted by molar-refractivity contribution is 7.91. The third-order valence-electron chi connectivity index (χ3n) is 4.95. The van der Waals surface area contributed by atoms with Crippen LogP contribution in [0.1, 0.15) is 35.7 Å². The lowest BCUT2D eigenvalue weighted by Gasteiger charge is -2.27. The van der Waals surface area contributed by atoms with Crippen molar-refractivity contribution in [3.05, 3.63) is 65.7 Å². The first-order valence-electron chi connectivity index (χ1n) is 9.72. The molecule has 154 valence electrons. The van der Waals surface area contributed by atoms with E-state index in [4.69, 9.17) is 4.74 Å². The third-order valence-corrected chi connectivity index (χ3v) is 6.70. The third kappa shape index (κ3) is 5.44. The molecule has 3 rings (SSSR count). The van der Waals surface area contributed by atoms with Gasteiger partial charge in [-0.05, 0) is 37.1 Å². The molecule has 0 N–H and O–H groups in total. The van der Waals surface area contributed by atoms with E-state index in [1.54, 1.807) is 41.3 Å². The molecule has 0 radical (unpaired) electrons. The maximum atomic E-state index is 12.6. The number of amides is 1. The molecule has 29 heavy (non-hydrogen) atoms. The van der Waals surface area contributed by atoms with Crippen LogP contribution < -0.4 is 4.74 Å². The Morgan fingerprint density at radius 2 is 1.69 bits per heavy atom. The van der Waals surface area contributed by atoms with Gasteiger partial charge in [0.1, 0.15) is 5.75 Å². The van der Waals surface area contributed by atoms with Crippen molar-refractivity contribution >= 4 is 21.5 Å². The summed E-state index contributed by atoms with van der Waals surface area (Å²) in [6, 6.07) is 15.4. The van der Waals surface area contributed by atoms with Crippen LogP contribution in [-0.2, 0) is 14.6 Å². The Kier molecular flexibility index (Phi) is 6.69. The molecule has 1 aliphatic heterocycles. The molecule has 1 fully saturated rings. The minimum Gasteiger partial charge on any atom is -0.484 e. The van der Waals surface area contributed by atoms with Crippen LogP contribution in [0.15, 0.2) is 54.6 Å². The van der Waals surface area contributed by atoms with Gasteiger partial charge in [0.05, 0.1) is 11.5 Å². The normalized spacial score (nSPS) is 17.6. The molecular formula is C22H25NO5S. The second kappa shape index (κ2) is 9.22. The highest BCUT2D eigenvalue weighted by atomic mass is 32.2. The summed E-state index contributed by atoms with van der Waals surface area (Å²) in [5, 5.41) is 0. The van der Waals surface area contributed by atoms with Crippen molar-refractivity contribution in [2.24, 2.45) is 0 Å². The Hall–Kier alpha value is -2.67. The van der Waals surface area contributed by atoms with Gasteiger partial charge in [0.25, 0.3) is 5.91 Å². The van der Waals surface area contributed by atoms with Crippen molar-refractivity contribution in [1.29, 1.82) is 0 Å². The van der Waals surface area contributed by atoms with Crippen LogP contribution in [0.25, 0.3) is 0 Å². The van der Waals surface area contributed by atoms with E-state index >= 15 is 0 Å². The van der Waals surface area contributed by atoms with E-state index in [1.165, 1.54) is 0 Å². The molecule has 0 aliphatic carbocycles. The van der Waals surface area contributed by atoms with Crippen molar-refractivity contribution in [2.75, 3.05) is 24.7 Å². The Labute approximate surface area is 171 Å². The molecule has 1 heterocycles. The Morgan fingerprint density at radius 1 is 1.03 bits per heavy atom. The first-order chi connectivity index (χ1) is 13.9. The number of nitrogens with zero attached hydrogens (tertiary/aromatic N) is 1. The zero-order valence-corrected chi connectivity index (χ0v) is 17.2. The van der Waals surface area contributed by atoms with E-state index < -0.39 is 9.84 Å². The molecule has 1 amide bonds. The molecule has 0 unspecified atom stereocenters. The molecule has 7 heteroatoms. The monoisotopic (exact) mass is 415 g/mol. The van der Waals surface area contributed by atoms with E-state index in [0.29, 0.717) is 29.8 Å². The molecule has 0 aromatic heterocycles. The van der Waals surface area contributed by atoms with Crippen molar-refractivity contribution in [2.45, 2.75) is 25.8 Å². The van der Waals surface area contributed by atoms with E-state index in [9.17, 15) is 18.0 Å². The van der Waals surface area contributed by atoms with Crippen LogP contribution >= 0.6 is 0 Å². The lowest BCUT2D eigenvalue weighted by atomic mass is 10.0. The predicted octanol–water partition coefficient (Wildman–Crippen LogP) is 2.72. The number of hydrogen-bond acceptors (Lipinski definition) is 5. The first kappa shape index (κ1) is 21.0. The zero-order chi connectivity index (χ0) is 20.9. The summed E-state index contributed by atoms with van der Waals surface area (Å²) in [5.74, 6) is 0.333. The largest absolute Gasteiger partial charge is 0.484 e. The van der Waals surface area contributed by atoms with E-state index in [-0.39, 0.29) is 35.8 Å². The van der Waals surface area contributed by atoms with Gasteiger partial charge in [-0.3, -0.25) is 9.59 Å². The molecule has 0 saturated carbocycles. The maximum Gasteiger partial charge on any atom is 0.260 e. The fourth-order valence-electron chi connectivity index (χ4n) is 3.46. The maximum absolute atomic E-state index is 12.6. The van der Waals surface area contributed by atoms with Gasteiger partial charge in [-0.1, -0.05) is 37.3 Å². The van der Waals surface area contributed by atoms with Gasteiger partial charge in [-0.25, -0.2) is 8.42 Å². The van der Waals surface area contributed by atoms with Crippen molar-refractivity contribution in [1.82, 2.24) is 4.90 Å². The number of hydrogen-bond donors (Lipinski definition) is 0. The summed E-state index contributed by atoms with van der Waals surface area (Å²) in [6.07, 6.45) is 1.23. The average molecular weight is 416 g/mol. The predicted molar refractivity (Wildman–Crippen MR) is 111 cm³/mol. The Balaban J connectivity index is 1.60. The minimum atomic E-state index is -3.06. The highest BCUT2D eigenvalue weighted by Gasteiger charge is 2.34. The standard InChI is InChI=1S/C22H25NO5S/c1-2-13-23(19-12-14-29(26,27)16-19)21(24)15-28-20-10-8-18(9-11-20)22(25)17-6-4-3-5-7-17/h3-11,19H,2,12-16H2,1H3/t19-/m1/s1. The van der Waals surface area contributed by atoms with Gasteiger partial charge in [-0.15, -0.1) is 0 Å². The highest BCUT2D eigenvalue weighted by Crippen LogP contribution is 2.19. The number of ketones is 1. The second-order valence-corrected chi connectivity index (χ2v) is 9.38. The summed E-state index contributed by atoms with van der Waals surface area (Å²) in [4.78, 5) is 26.7. The molecule has 2 aromatic carbocycles. The molecule has 1 saturated heterocycles. The second-order valence-electron chi connectivity index (χ2n) is 7.15. The lowest BCUT2D eigenvalue weighted by molar-refractivity contribution is -0.135.